The highest BCUT2D eigenvalue weighted by atomic mass is 15.3. The second kappa shape index (κ2) is 5.01. The molecule has 15 heavy (non-hydrogen) atoms. The Hall–Kier alpha value is -0.520. The summed E-state index contributed by atoms with van der Waals surface area (Å²) in [5.41, 5.74) is 0. The summed E-state index contributed by atoms with van der Waals surface area (Å²) < 4.78 is 0. The lowest BCUT2D eigenvalue weighted by Gasteiger charge is -2.42. The number of hydrogen-bond acceptors (Lipinski definition) is 2. The molecule has 2 rings (SSSR count). The van der Waals surface area contributed by atoms with Crippen LogP contribution in [0.25, 0.3) is 0 Å². The summed E-state index contributed by atoms with van der Waals surface area (Å²) in [5, 5.41) is 0. The Morgan fingerprint density at radius 2 is 2.20 bits per heavy atom. The number of fused-ring (bicyclic) bond motifs is 1. The van der Waals surface area contributed by atoms with Gasteiger partial charge in [-0.1, -0.05) is 12.8 Å². The predicted molar refractivity (Wildman–Crippen MR) is 63.7 cm³/mol. The molecule has 0 aliphatic carbocycles. The molecule has 0 saturated carbocycles. The van der Waals surface area contributed by atoms with E-state index in [0.29, 0.717) is 0 Å². The van der Waals surface area contributed by atoms with Gasteiger partial charge in [0.1, 0.15) is 0 Å². The minimum absolute atomic E-state index is 0.736. The molecule has 0 radical (unpaired) electrons. The maximum absolute atomic E-state index is 3.22. The first-order valence-electron chi connectivity index (χ1n) is 6.22. The van der Waals surface area contributed by atoms with Gasteiger partial charge in [0, 0.05) is 25.2 Å². The van der Waals surface area contributed by atoms with Crippen LogP contribution in [0.5, 0.6) is 0 Å². The number of hydrogen-bond donors (Lipinski definition) is 0. The second-order valence-corrected chi connectivity index (χ2v) is 4.71. The fraction of sp³-hybridized carbons (Fsp3) is 0.846. The molecule has 0 N–H and O–H groups in total. The summed E-state index contributed by atoms with van der Waals surface area (Å²) in [6.07, 6.45) is 4.05. The smallest absolute Gasteiger partial charge is 0.0604 e. The Morgan fingerprint density at radius 1 is 1.33 bits per heavy atom. The molecule has 2 aliphatic rings. The van der Waals surface area contributed by atoms with Crippen LogP contribution < -0.4 is 0 Å². The lowest BCUT2D eigenvalue weighted by atomic mass is 10.1. The lowest BCUT2D eigenvalue weighted by molar-refractivity contribution is 0.0594. The molecule has 2 saturated heterocycles. The topological polar surface area (TPSA) is 6.48 Å². The molecule has 2 aliphatic heterocycles. The zero-order valence-corrected chi connectivity index (χ0v) is 10.00. The predicted octanol–water partition coefficient (Wildman–Crippen LogP) is 1.57. The molecule has 2 heteroatoms. The van der Waals surface area contributed by atoms with Gasteiger partial charge < -0.3 is 0 Å². The molecule has 0 aromatic rings. The molecular weight excluding hydrogens is 184 g/mol. The monoisotopic (exact) mass is 206 g/mol. The number of piperazine rings is 1. The fourth-order valence-electron chi connectivity index (χ4n) is 2.91. The maximum Gasteiger partial charge on any atom is 0.0604 e. The van der Waals surface area contributed by atoms with Crippen LogP contribution in [0, 0.1) is 11.8 Å². The summed E-state index contributed by atoms with van der Waals surface area (Å²) in [4.78, 5) is 5.27. The van der Waals surface area contributed by atoms with E-state index >= 15 is 0 Å². The first kappa shape index (κ1) is 11.0. The molecule has 2 unspecified atom stereocenters. The minimum Gasteiger partial charge on any atom is -0.298 e. The van der Waals surface area contributed by atoms with Crippen molar-refractivity contribution >= 4 is 0 Å². The van der Waals surface area contributed by atoms with Crippen molar-refractivity contribution < 1.29 is 0 Å². The van der Waals surface area contributed by atoms with Crippen molar-refractivity contribution in [3.8, 4) is 11.8 Å². The molecular formula is C13H22N2. The average molecular weight is 206 g/mol. The maximum atomic E-state index is 3.22. The Kier molecular flexibility index (Phi) is 3.66. The zero-order valence-electron chi connectivity index (χ0n) is 10.00. The van der Waals surface area contributed by atoms with Crippen LogP contribution in [-0.4, -0.2) is 48.1 Å². The van der Waals surface area contributed by atoms with Gasteiger partial charge in [0.15, 0.2) is 0 Å². The summed E-state index contributed by atoms with van der Waals surface area (Å²) >= 11 is 0. The lowest BCUT2D eigenvalue weighted by Crippen LogP contribution is -2.55. The van der Waals surface area contributed by atoms with E-state index in [1.807, 2.05) is 6.92 Å². The Labute approximate surface area is 93.6 Å². The van der Waals surface area contributed by atoms with E-state index < -0.39 is 0 Å². The first-order valence-corrected chi connectivity index (χ1v) is 6.22. The Bertz CT molecular complexity index is 263. The van der Waals surface area contributed by atoms with E-state index in [-0.39, 0.29) is 0 Å². The zero-order chi connectivity index (χ0) is 10.7. The van der Waals surface area contributed by atoms with Crippen molar-refractivity contribution in [2.45, 2.75) is 45.2 Å². The standard InChI is InChI=1S/C13H22N2/c1-3-5-8-14-11-13-7-6-9-15(13)10-12(14)4-2/h12-13H,4,6-11H2,1-2H3. The normalized spacial score (nSPS) is 32.1. The average Bonchev–Trinajstić information content (AvgIpc) is 2.71. The molecule has 0 spiro atoms. The van der Waals surface area contributed by atoms with Gasteiger partial charge in [-0.15, -0.1) is 5.92 Å². The third kappa shape index (κ3) is 2.35. The quantitative estimate of drug-likeness (QED) is 0.633. The van der Waals surface area contributed by atoms with Crippen LogP contribution in [0.2, 0.25) is 0 Å². The van der Waals surface area contributed by atoms with Crippen molar-refractivity contribution in [2.75, 3.05) is 26.2 Å². The van der Waals surface area contributed by atoms with Gasteiger partial charge in [-0.05, 0) is 32.7 Å². The Balaban J connectivity index is 1.98. The summed E-state index contributed by atoms with van der Waals surface area (Å²) in [6.45, 7) is 9.05. The van der Waals surface area contributed by atoms with Crippen molar-refractivity contribution in [2.24, 2.45) is 0 Å². The molecule has 84 valence electrons. The van der Waals surface area contributed by atoms with E-state index in [2.05, 4.69) is 28.6 Å². The molecule has 0 aromatic carbocycles. The Morgan fingerprint density at radius 3 is 2.93 bits per heavy atom. The fourth-order valence-corrected chi connectivity index (χ4v) is 2.91. The van der Waals surface area contributed by atoms with Gasteiger partial charge in [0.25, 0.3) is 0 Å². The van der Waals surface area contributed by atoms with Crippen LogP contribution in [-0.2, 0) is 0 Å². The van der Waals surface area contributed by atoms with Crippen molar-refractivity contribution in [1.29, 1.82) is 0 Å². The summed E-state index contributed by atoms with van der Waals surface area (Å²) in [7, 11) is 0. The molecule has 0 amide bonds. The van der Waals surface area contributed by atoms with E-state index in [1.165, 1.54) is 38.9 Å². The molecule has 0 aromatic heterocycles. The van der Waals surface area contributed by atoms with Crippen LogP contribution in [0.4, 0.5) is 0 Å². The highest BCUT2D eigenvalue weighted by Crippen LogP contribution is 2.25. The molecule has 2 fully saturated rings. The summed E-state index contributed by atoms with van der Waals surface area (Å²) in [5.74, 6) is 6.23. The van der Waals surface area contributed by atoms with Gasteiger partial charge in [-0.2, -0.15) is 0 Å². The third-order valence-corrected chi connectivity index (χ3v) is 3.84. The van der Waals surface area contributed by atoms with E-state index in [1.54, 1.807) is 0 Å². The van der Waals surface area contributed by atoms with Gasteiger partial charge in [-0.3, -0.25) is 9.80 Å². The molecule has 2 atom stereocenters. The van der Waals surface area contributed by atoms with Crippen molar-refractivity contribution in [3.63, 3.8) is 0 Å². The number of rotatable bonds is 2. The largest absolute Gasteiger partial charge is 0.298 e. The van der Waals surface area contributed by atoms with Crippen molar-refractivity contribution in [1.82, 2.24) is 9.80 Å². The van der Waals surface area contributed by atoms with Gasteiger partial charge >= 0.3 is 0 Å². The minimum atomic E-state index is 0.736. The van der Waals surface area contributed by atoms with E-state index in [4.69, 9.17) is 0 Å². The van der Waals surface area contributed by atoms with Crippen LogP contribution in [0.1, 0.15) is 33.1 Å². The second-order valence-electron chi connectivity index (χ2n) is 4.71. The SMILES string of the molecule is CC#CCN1CC2CCCN2CC1CC. The first-order chi connectivity index (χ1) is 7.35. The summed E-state index contributed by atoms with van der Waals surface area (Å²) in [6, 6.07) is 1.56. The van der Waals surface area contributed by atoms with E-state index in [9.17, 15) is 0 Å². The van der Waals surface area contributed by atoms with Crippen molar-refractivity contribution in [3.05, 3.63) is 0 Å². The number of nitrogens with zero attached hydrogens (tertiary/aromatic N) is 2. The van der Waals surface area contributed by atoms with Gasteiger partial charge in [0.05, 0.1) is 6.54 Å². The highest BCUT2D eigenvalue weighted by molar-refractivity contribution is 5.01. The van der Waals surface area contributed by atoms with Gasteiger partial charge in [0.2, 0.25) is 0 Å². The molecule has 2 heterocycles. The highest BCUT2D eigenvalue weighted by Gasteiger charge is 2.34. The van der Waals surface area contributed by atoms with Crippen LogP contribution in [0.15, 0.2) is 0 Å². The van der Waals surface area contributed by atoms with E-state index in [0.717, 1.165) is 18.6 Å². The van der Waals surface area contributed by atoms with Gasteiger partial charge in [-0.25, -0.2) is 0 Å². The van der Waals surface area contributed by atoms with Crippen LogP contribution >= 0.6 is 0 Å². The third-order valence-electron chi connectivity index (χ3n) is 3.84. The molecule has 0 bridgehead atoms. The molecule has 2 nitrogen and oxygen atoms in total. The van der Waals surface area contributed by atoms with Crippen LogP contribution in [0.3, 0.4) is 0 Å².